The minimum absolute atomic E-state index is 0.0170. The molecule has 4 heteroatoms. The first-order chi connectivity index (χ1) is 9.27. The third-order valence-corrected chi connectivity index (χ3v) is 5.07. The lowest BCUT2D eigenvalue weighted by Crippen LogP contribution is -2.50. The predicted molar refractivity (Wildman–Crippen MR) is 72.7 cm³/mol. The van der Waals surface area contributed by atoms with E-state index < -0.39 is 0 Å². The number of hydrogen-bond acceptors (Lipinski definition) is 3. The standard InChI is InChI=1S/C15H24N2O2/c18-14-8-3-5-11(14)12-7-4-10-17(12)13-6-1-2-9-16-15(13)19/h11-13H,1-10H2,(H,16,19). The third-order valence-electron chi connectivity index (χ3n) is 5.07. The molecule has 0 radical (unpaired) electrons. The van der Waals surface area contributed by atoms with Crippen LogP contribution in [0.1, 0.15) is 51.4 Å². The second kappa shape index (κ2) is 5.61. The number of amides is 1. The van der Waals surface area contributed by atoms with Crippen LogP contribution >= 0.6 is 0 Å². The summed E-state index contributed by atoms with van der Waals surface area (Å²) in [5.41, 5.74) is 0. The van der Waals surface area contributed by atoms with Gasteiger partial charge in [-0.3, -0.25) is 14.5 Å². The van der Waals surface area contributed by atoms with Crippen molar-refractivity contribution in [3.63, 3.8) is 0 Å². The molecule has 2 saturated heterocycles. The minimum atomic E-state index is 0.0170. The van der Waals surface area contributed by atoms with E-state index in [4.69, 9.17) is 0 Å². The molecule has 2 heterocycles. The van der Waals surface area contributed by atoms with Gasteiger partial charge in [-0.05, 0) is 51.5 Å². The molecular formula is C15H24N2O2. The highest BCUT2D eigenvalue weighted by Gasteiger charge is 2.42. The molecule has 3 rings (SSSR count). The van der Waals surface area contributed by atoms with Gasteiger partial charge >= 0.3 is 0 Å². The van der Waals surface area contributed by atoms with Gasteiger partial charge in [0.2, 0.25) is 5.91 Å². The molecule has 3 aliphatic rings. The molecule has 0 bridgehead atoms. The van der Waals surface area contributed by atoms with Gasteiger partial charge in [0.1, 0.15) is 5.78 Å². The van der Waals surface area contributed by atoms with Crippen LogP contribution in [0.5, 0.6) is 0 Å². The van der Waals surface area contributed by atoms with Crippen molar-refractivity contribution < 1.29 is 9.59 Å². The molecule has 1 amide bonds. The van der Waals surface area contributed by atoms with Crippen molar-refractivity contribution in [2.24, 2.45) is 5.92 Å². The Labute approximate surface area is 114 Å². The molecule has 0 aromatic heterocycles. The first-order valence-corrected chi connectivity index (χ1v) is 7.83. The van der Waals surface area contributed by atoms with Crippen LogP contribution in [0.3, 0.4) is 0 Å². The lowest BCUT2D eigenvalue weighted by molar-refractivity contribution is -0.129. The molecule has 2 aliphatic heterocycles. The van der Waals surface area contributed by atoms with Crippen molar-refractivity contribution in [1.29, 1.82) is 0 Å². The molecular weight excluding hydrogens is 240 g/mol. The average Bonchev–Trinajstić information content (AvgIpc) is 2.97. The maximum atomic E-state index is 12.2. The highest BCUT2D eigenvalue weighted by Crippen LogP contribution is 2.35. The van der Waals surface area contributed by atoms with E-state index in [2.05, 4.69) is 10.2 Å². The minimum Gasteiger partial charge on any atom is -0.355 e. The molecule has 1 N–H and O–H groups in total. The van der Waals surface area contributed by atoms with E-state index in [1.807, 2.05) is 0 Å². The lowest BCUT2D eigenvalue weighted by atomic mass is 9.93. The zero-order valence-electron chi connectivity index (χ0n) is 11.6. The summed E-state index contributed by atoms with van der Waals surface area (Å²) in [6, 6.07) is 0.354. The van der Waals surface area contributed by atoms with Crippen molar-refractivity contribution in [1.82, 2.24) is 10.2 Å². The van der Waals surface area contributed by atoms with Crippen LogP contribution in [-0.4, -0.2) is 41.8 Å². The van der Waals surface area contributed by atoms with Crippen LogP contribution in [0, 0.1) is 5.92 Å². The van der Waals surface area contributed by atoms with E-state index in [1.165, 1.54) is 0 Å². The van der Waals surface area contributed by atoms with Gasteiger partial charge in [-0.15, -0.1) is 0 Å². The predicted octanol–water partition coefficient (Wildman–Crippen LogP) is 1.49. The number of hydrogen-bond donors (Lipinski definition) is 1. The number of nitrogens with one attached hydrogen (secondary N) is 1. The monoisotopic (exact) mass is 264 g/mol. The Morgan fingerprint density at radius 2 is 1.89 bits per heavy atom. The molecule has 3 fully saturated rings. The summed E-state index contributed by atoms with van der Waals surface area (Å²) >= 11 is 0. The summed E-state index contributed by atoms with van der Waals surface area (Å²) in [4.78, 5) is 26.6. The number of ketones is 1. The average molecular weight is 264 g/mol. The zero-order chi connectivity index (χ0) is 13.2. The van der Waals surface area contributed by atoms with Gasteiger partial charge in [0, 0.05) is 24.9 Å². The Bertz CT molecular complexity index is 369. The fourth-order valence-electron chi connectivity index (χ4n) is 4.12. The van der Waals surface area contributed by atoms with E-state index in [9.17, 15) is 9.59 Å². The molecule has 0 aromatic carbocycles. The highest BCUT2D eigenvalue weighted by atomic mass is 16.2. The van der Waals surface area contributed by atoms with Crippen LogP contribution in [0.2, 0.25) is 0 Å². The summed E-state index contributed by atoms with van der Waals surface area (Å²) in [7, 11) is 0. The number of Topliss-reactive ketones (excluding diaryl/α,β-unsaturated/α-hetero) is 1. The second-order valence-electron chi connectivity index (χ2n) is 6.22. The van der Waals surface area contributed by atoms with E-state index in [0.717, 1.165) is 64.5 Å². The van der Waals surface area contributed by atoms with Crippen molar-refractivity contribution >= 4 is 11.7 Å². The first-order valence-electron chi connectivity index (χ1n) is 7.83. The van der Waals surface area contributed by atoms with Crippen molar-refractivity contribution in [3.05, 3.63) is 0 Å². The maximum absolute atomic E-state index is 12.2. The van der Waals surface area contributed by atoms with Gasteiger partial charge < -0.3 is 5.32 Å². The topological polar surface area (TPSA) is 49.4 Å². The third kappa shape index (κ3) is 2.55. The number of carbonyl (C=O) groups excluding carboxylic acids is 2. The Morgan fingerprint density at radius 3 is 2.68 bits per heavy atom. The number of carbonyl (C=O) groups is 2. The molecule has 0 aromatic rings. The first kappa shape index (κ1) is 13.1. The normalized spacial score (nSPS) is 37.4. The van der Waals surface area contributed by atoms with E-state index in [1.54, 1.807) is 0 Å². The molecule has 3 unspecified atom stereocenters. The van der Waals surface area contributed by atoms with E-state index in [-0.39, 0.29) is 17.9 Å². The largest absolute Gasteiger partial charge is 0.355 e. The molecule has 3 atom stereocenters. The van der Waals surface area contributed by atoms with Crippen LogP contribution < -0.4 is 5.32 Å². The molecule has 1 aliphatic carbocycles. The van der Waals surface area contributed by atoms with Gasteiger partial charge in [-0.25, -0.2) is 0 Å². The van der Waals surface area contributed by atoms with Crippen LogP contribution in [0.25, 0.3) is 0 Å². The highest BCUT2D eigenvalue weighted by molar-refractivity contribution is 5.84. The van der Waals surface area contributed by atoms with Crippen molar-refractivity contribution in [3.8, 4) is 0 Å². The van der Waals surface area contributed by atoms with Gasteiger partial charge in [0.05, 0.1) is 6.04 Å². The number of nitrogens with zero attached hydrogens (tertiary/aromatic N) is 1. The summed E-state index contributed by atoms with van der Waals surface area (Å²) in [6.07, 6.45) is 8.24. The Morgan fingerprint density at radius 1 is 1.00 bits per heavy atom. The number of rotatable bonds is 2. The molecule has 19 heavy (non-hydrogen) atoms. The fraction of sp³-hybridized carbons (Fsp3) is 0.867. The van der Waals surface area contributed by atoms with Crippen LogP contribution in [-0.2, 0) is 9.59 Å². The quantitative estimate of drug-likeness (QED) is 0.822. The summed E-state index contributed by atoms with van der Waals surface area (Å²) < 4.78 is 0. The fourth-order valence-corrected chi connectivity index (χ4v) is 4.12. The van der Waals surface area contributed by atoms with Crippen LogP contribution in [0.15, 0.2) is 0 Å². The second-order valence-corrected chi connectivity index (χ2v) is 6.22. The Hall–Kier alpha value is -0.900. The lowest BCUT2D eigenvalue weighted by Gasteiger charge is -2.34. The van der Waals surface area contributed by atoms with Crippen molar-refractivity contribution in [2.45, 2.75) is 63.5 Å². The van der Waals surface area contributed by atoms with Gasteiger partial charge in [0.15, 0.2) is 0 Å². The molecule has 1 saturated carbocycles. The zero-order valence-corrected chi connectivity index (χ0v) is 11.6. The molecule has 106 valence electrons. The van der Waals surface area contributed by atoms with Crippen LogP contribution in [0.4, 0.5) is 0 Å². The Kier molecular flexibility index (Phi) is 3.87. The Balaban J connectivity index is 1.74. The SMILES string of the molecule is O=C1CCCC1C1CCCN1C1CCCCNC1=O. The summed E-state index contributed by atoms with van der Waals surface area (Å²) in [6.45, 7) is 1.81. The van der Waals surface area contributed by atoms with Gasteiger partial charge in [0.25, 0.3) is 0 Å². The molecule has 0 spiro atoms. The maximum Gasteiger partial charge on any atom is 0.237 e. The van der Waals surface area contributed by atoms with E-state index in [0.29, 0.717) is 11.8 Å². The van der Waals surface area contributed by atoms with E-state index >= 15 is 0 Å². The van der Waals surface area contributed by atoms with Crippen molar-refractivity contribution in [2.75, 3.05) is 13.1 Å². The summed E-state index contributed by atoms with van der Waals surface area (Å²) in [5, 5.41) is 3.03. The van der Waals surface area contributed by atoms with Gasteiger partial charge in [-0.1, -0.05) is 0 Å². The summed E-state index contributed by atoms with van der Waals surface area (Å²) in [5.74, 6) is 0.833. The van der Waals surface area contributed by atoms with Gasteiger partial charge in [-0.2, -0.15) is 0 Å². The molecule has 4 nitrogen and oxygen atoms in total. The smallest absolute Gasteiger partial charge is 0.237 e. The number of likely N-dealkylation sites (tertiary alicyclic amines) is 1.